The van der Waals surface area contributed by atoms with E-state index in [0.29, 0.717) is 24.5 Å². The molecule has 0 radical (unpaired) electrons. The number of Topliss-reactive ketones (excluding diaryl/α,β-unsaturated/α-hetero) is 1. The summed E-state index contributed by atoms with van der Waals surface area (Å²) in [4.78, 5) is 50.2. The van der Waals surface area contributed by atoms with E-state index in [2.05, 4.69) is 15.4 Å². The molecule has 3 N–H and O–H groups in total. The summed E-state index contributed by atoms with van der Waals surface area (Å²) in [5.41, 5.74) is 0.860. The minimum Gasteiger partial charge on any atom is -0.475 e. The van der Waals surface area contributed by atoms with Gasteiger partial charge < -0.3 is 30.1 Å². The summed E-state index contributed by atoms with van der Waals surface area (Å²) in [6.07, 6.45) is 6.06. The topological polar surface area (TPSA) is 134 Å². The number of aliphatic carboxylic acids is 1. The zero-order chi connectivity index (χ0) is 27.5. The zero-order valence-electron chi connectivity index (χ0n) is 21.8. The van der Waals surface area contributed by atoms with Crippen LogP contribution in [0.15, 0.2) is 24.3 Å². The van der Waals surface area contributed by atoms with Crippen molar-refractivity contribution in [1.29, 1.82) is 0 Å². The summed E-state index contributed by atoms with van der Waals surface area (Å²) in [5.74, 6) is -2.35. The van der Waals surface area contributed by atoms with E-state index < -0.39 is 29.9 Å². The minimum absolute atomic E-state index is 0.0712. The number of carbonyl (C=O) groups is 4. The Kier molecular flexibility index (Phi) is 11.7. The van der Waals surface area contributed by atoms with Gasteiger partial charge in [0.05, 0.1) is 19.8 Å². The van der Waals surface area contributed by atoms with Gasteiger partial charge in [-0.15, -0.1) is 0 Å². The van der Waals surface area contributed by atoms with E-state index in [4.69, 9.17) is 16.3 Å². The average Bonchev–Trinajstić information content (AvgIpc) is 2.92. The number of alkyl carbamates (subject to hydrolysis) is 1. The highest BCUT2D eigenvalue weighted by atomic mass is 35.5. The number of nitrogens with zero attached hydrogens (tertiary/aromatic N) is 1. The molecule has 1 aromatic carbocycles. The van der Waals surface area contributed by atoms with Gasteiger partial charge in [-0.2, -0.15) is 0 Å². The molecule has 1 aliphatic heterocycles. The Hall–Kier alpha value is -2.85. The molecule has 0 aromatic heterocycles. The molecule has 38 heavy (non-hydrogen) atoms. The van der Waals surface area contributed by atoms with Gasteiger partial charge in [-0.25, -0.2) is 14.4 Å². The number of amides is 3. The maximum atomic E-state index is 13.3. The third-order valence-electron chi connectivity index (χ3n) is 7.32. The Balaban J connectivity index is 1.68. The number of carbonyl (C=O) groups excluding carboxylic acids is 3. The van der Waals surface area contributed by atoms with E-state index in [0.717, 1.165) is 50.5 Å². The number of carboxylic acids is 1. The van der Waals surface area contributed by atoms with Crippen molar-refractivity contribution < 1.29 is 33.8 Å². The van der Waals surface area contributed by atoms with Crippen molar-refractivity contribution in [2.45, 2.75) is 63.5 Å². The number of rotatable bonds is 11. The molecule has 210 valence electrons. The molecule has 1 aromatic rings. The highest BCUT2D eigenvalue weighted by molar-refractivity contribution is 6.35. The van der Waals surface area contributed by atoms with Gasteiger partial charge in [0.25, 0.3) is 5.78 Å². The minimum atomic E-state index is -1.53. The van der Waals surface area contributed by atoms with Crippen LogP contribution in [0.1, 0.15) is 63.0 Å². The second-order valence-electron chi connectivity index (χ2n) is 10.0. The lowest BCUT2D eigenvalue weighted by Gasteiger charge is -2.38. The lowest BCUT2D eigenvalue weighted by atomic mass is 9.84. The molecule has 1 saturated carbocycles. The van der Waals surface area contributed by atoms with E-state index in [-0.39, 0.29) is 31.1 Å². The molecule has 11 heteroatoms. The van der Waals surface area contributed by atoms with Crippen molar-refractivity contribution in [3.63, 3.8) is 0 Å². The third-order valence-corrected chi connectivity index (χ3v) is 7.56. The van der Waals surface area contributed by atoms with Gasteiger partial charge in [0.15, 0.2) is 0 Å². The molecule has 1 aliphatic carbocycles. The number of nitrogens with one attached hydrogen (secondary N) is 2. The lowest BCUT2D eigenvalue weighted by Crippen LogP contribution is -2.53. The number of ketones is 1. The van der Waals surface area contributed by atoms with Crippen LogP contribution in [0.4, 0.5) is 9.59 Å². The number of carboxylic acid groups (broad SMARTS) is 1. The molecule has 3 rings (SSSR count). The number of hydrogen-bond donors (Lipinski definition) is 3. The van der Waals surface area contributed by atoms with Crippen molar-refractivity contribution in [2.24, 2.45) is 11.8 Å². The summed E-state index contributed by atoms with van der Waals surface area (Å²) in [7, 11) is 1.29. The van der Waals surface area contributed by atoms with Crippen LogP contribution >= 0.6 is 11.6 Å². The molecule has 0 spiro atoms. The Morgan fingerprint density at radius 2 is 1.89 bits per heavy atom. The lowest BCUT2D eigenvalue weighted by molar-refractivity contribution is -0.150. The Morgan fingerprint density at radius 1 is 1.13 bits per heavy atom. The highest BCUT2D eigenvalue weighted by Gasteiger charge is 2.35. The monoisotopic (exact) mass is 551 g/mol. The van der Waals surface area contributed by atoms with Crippen molar-refractivity contribution in [2.75, 3.05) is 33.4 Å². The standard InChI is InChI=1S/C27H38ClN3O7/c1-37-27(36)29-12-14-38-24(19-9-5-11-21(28)16-19)20-10-6-13-31(17-20)26(35)30-22(23(32)25(33)34)15-18-7-3-2-4-8-18/h5,9,11,16,18,20,22,24H,2-4,6-8,10,12-15,17H2,1H3,(H,29,36)(H,30,35)(H,33,34)/t20-,22+,24+/m1/s1. The summed E-state index contributed by atoms with van der Waals surface area (Å²) >= 11 is 6.24. The molecular formula is C27H38ClN3O7. The van der Waals surface area contributed by atoms with E-state index in [1.54, 1.807) is 11.0 Å². The van der Waals surface area contributed by atoms with Crippen LogP contribution < -0.4 is 10.6 Å². The van der Waals surface area contributed by atoms with Gasteiger partial charge >= 0.3 is 18.1 Å². The molecular weight excluding hydrogens is 514 g/mol. The SMILES string of the molecule is COC(=O)NCCO[C@@H](c1cccc(Cl)c1)[C@@H]1CCCN(C(=O)N[C@@H](CC2CCCCC2)C(=O)C(=O)O)C1. The normalized spacial score (nSPS) is 19.7. The number of methoxy groups -OCH3 is 1. The first kappa shape index (κ1) is 29.7. The van der Waals surface area contributed by atoms with Gasteiger partial charge in [0.2, 0.25) is 0 Å². The summed E-state index contributed by atoms with van der Waals surface area (Å²) in [5, 5.41) is 15.2. The fraction of sp³-hybridized carbons (Fsp3) is 0.630. The van der Waals surface area contributed by atoms with Gasteiger partial charge in [-0.3, -0.25) is 4.79 Å². The fourth-order valence-electron chi connectivity index (χ4n) is 5.42. The Bertz CT molecular complexity index is 970. The first-order valence-corrected chi connectivity index (χ1v) is 13.7. The number of piperidine rings is 1. The molecule has 1 heterocycles. The van der Waals surface area contributed by atoms with Crippen molar-refractivity contribution in [1.82, 2.24) is 15.5 Å². The Labute approximate surface area is 228 Å². The highest BCUT2D eigenvalue weighted by Crippen LogP contribution is 2.34. The van der Waals surface area contributed by atoms with Crippen LogP contribution in [-0.4, -0.2) is 73.3 Å². The largest absolute Gasteiger partial charge is 0.475 e. The zero-order valence-corrected chi connectivity index (χ0v) is 22.6. The molecule has 10 nitrogen and oxygen atoms in total. The van der Waals surface area contributed by atoms with E-state index in [9.17, 15) is 24.3 Å². The number of urea groups is 1. The number of likely N-dealkylation sites (tertiary alicyclic amines) is 1. The summed E-state index contributed by atoms with van der Waals surface area (Å²) in [6.45, 7) is 1.34. The van der Waals surface area contributed by atoms with Gasteiger partial charge in [0, 0.05) is 30.6 Å². The number of halogens is 1. The number of ether oxygens (including phenoxy) is 2. The molecule has 2 aliphatic rings. The van der Waals surface area contributed by atoms with Crippen LogP contribution in [0.25, 0.3) is 0 Å². The van der Waals surface area contributed by atoms with Crippen molar-refractivity contribution in [3.05, 3.63) is 34.9 Å². The second-order valence-corrected chi connectivity index (χ2v) is 10.5. The average molecular weight is 552 g/mol. The quantitative estimate of drug-likeness (QED) is 0.277. The van der Waals surface area contributed by atoms with Crippen molar-refractivity contribution in [3.8, 4) is 0 Å². The second kappa shape index (κ2) is 14.9. The maximum Gasteiger partial charge on any atom is 0.406 e. The first-order chi connectivity index (χ1) is 18.3. The molecule has 1 saturated heterocycles. The molecule has 0 unspecified atom stereocenters. The predicted molar refractivity (Wildman–Crippen MR) is 141 cm³/mol. The maximum absolute atomic E-state index is 13.3. The van der Waals surface area contributed by atoms with Crippen molar-refractivity contribution >= 4 is 35.5 Å². The molecule has 0 bridgehead atoms. The number of benzene rings is 1. The van der Waals surface area contributed by atoms with E-state index >= 15 is 0 Å². The summed E-state index contributed by atoms with van der Waals surface area (Å²) < 4.78 is 10.8. The van der Waals surface area contributed by atoms with Gasteiger partial charge in [-0.1, -0.05) is 55.8 Å². The molecule has 3 amide bonds. The summed E-state index contributed by atoms with van der Waals surface area (Å²) in [6, 6.07) is 5.85. The molecule has 2 fully saturated rings. The predicted octanol–water partition coefficient (Wildman–Crippen LogP) is 4.17. The third kappa shape index (κ3) is 8.87. The fourth-order valence-corrected chi connectivity index (χ4v) is 5.62. The smallest absolute Gasteiger partial charge is 0.406 e. The van der Waals surface area contributed by atoms with Crippen LogP contribution in [0.2, 0.25) is 5.02 Å². The van der Waals surface area contributed by atoms with Gasteiger partial charge in [0.1, 0.15) is 6.04 Å². The molecule has 3 atom stereocenters. The van der Waals surface area contributed by atoms with Gasteiger partial charge in [-0.05, 0) is 42.9 Å². The van der Waals surface area contributed by atoms with E-state index in [1.165, 1.54) is 7.11 Å². The number of hydrogen-bond acceptors (Lipinski definition) is 6. The van der Waals surface area contributed by atoms with Crippen LogP contribution in [-0.2, 0) is 19.1 Å². The van der Waals surface area contributed by atoms with Crippen LogP contribution in [0.5, 0.6) is 0 Å². The van der Waals surface area contributed by atoms with E-state index in [1.807, 2.05) is 18.2 Å². The van der Waals surface area contributed by atoms with Crippen LogP contribution in [0.3, 0.4) is 0 Å². The van der Waals surface area contributed by atoms with Crippen LogP contribution in [0, 0.1) is 11.8 Å². The first-order valence-electron chi connectivity index (χ1n) is 13.3. The Morgan fingerprint density at radius 3 is 2.58 bits per heavy atom.